The van der Waals surface area contributed by atoms with Gasteiger partial charge in [0.2, 0.25) is 5.65 Å². The minimum Gasteiger partial charge on any atom is -0.376 e. The molecule has 0 amide bonds. The second-order valence-electron chi connectivity index (χ2n) is 7.36. The standard InChI is InChI=1S/C19H23N7/c1-2-9-20-15(6-1)12-21-16-10-17(22-11-13-4-3-5-13)25-26-18(14-7-8-14)23-24-19(16)26/h1-2,6,9-10,13-14,21H,3-5,7-8,11-12H2,(H,22,25). The third-order valence-corrected chi connectivity index (χ3v) is 5.32. The first-order chi connectivity index (χ1) is 12.9. The van der Waals surface area contributed by atoms with E-state index in [-0.39, 0.29) is 0 Å². The molecule has 2 fully saturated rings. The lowest BCUT2D eigenvalue weighted by Gasteiger charge is -2.25. The predicted molar refractivity (Wildman–Crippen MR) is 100 cm³/mol. The molecule has 0 aromatic carbocycles. The van der Waals surface area contributed by atoms with Crippen LogP contribution in [0.1, 0.15) is 49.5 Å². The smallest absolute Gasteiger partial charge is 0.201 e. The number of hydrogen-bond acceptors (Lipinski definition) is 6. The largest absolute Gasteiger partial charge is 0.376 e. The van der Waals surface area contributed by atoms with Gasteiger partial charge in [0.15, 0.2) is 5.82 Å². The lowest BCUT2D eigenvalue weighted by atomic mass is 9.85. The van der Waals surface area contributed by atoms with Gasteiger partial charge in [-0.15, -0.1) is 15.3 Å². The molecule has 134 valence electrons. The van der Waals surface area contributed by atoms with Crippen LogP contribution in [0.15, 0.2) is 30.5 Å². The Bertz CT molecular complexity index is 897. The summed E-state index contributed by atoms with van der Waals surface area (Å²) >= 11 is 0. The molecule has 7 heteroatoms. The molecule has 3 aromatic heterocycles. The Morgan fingerprint density at radius 3 is 2.73 bits per heavy atom. The maximum absolute atomic E-state index is 4.77. The van der Waals surface area contributed by atoms with E-state index in [4.69, 9.17) is 5.10 Å². The molecule has 0 spiro atoms. The van der Waals surface area contributed by atoms with E-state index in [0.29, 0.717) is 12.5 Å². The van der Waals surface area contributed by atoms with Crippen molar-refractivity contribution in [1.82, 2.24) is 24.8 Å². The highest BCUT2D eigenvalue weighted by Gasteiger charge is 2.30. The van der Waals surface area contributed by atoms with Crippen molar-refractivity contribution in [2.24, 2.45) is 5.92 Å². The van der Waals surface area contributed by atoms with Gasteiger partial charge in [0.25, 0.3) is 0 Å². The Labute approximate surface area is 152 Å². The molecular weight excluding hydrogens is 326 g/mol. The normalized spacial score (nSPS) is 17.2. The summed E-state index contributed by atoms with van der Waals surface area (Å²) in [4.78, 5) is 4.38. The zero-order valence-electron chi connectivity index (χ0n) is 14.7. The monoisotopic (exact) mass is 349 g/mol. The number of fused-ring (bicyclic) bond motifs is 1. The van der Waals surface area contributed by atoms with Gasteiger partial charge in [-0.1, -0.05) is 12.5 Å². The highest BCUT2D eigenvalue weighted by atomic mass is 15.4. The van der Waals surface area contributed by atoms with Crippen molar-refractivity contribution in [3.63, 3.8) is 0 Å². The quantitative estimate of drug-likeness (QED) is 0.682. The number of pyridine rings is 1. The summed E-state index contributed by atoms with van der Waals surface area (Å²) in [6.07, 6.45) is 8.16. The molecule has 2 saturated carbocycles. The second kappa shape index (κ2) is 6.55. The average Bonchev–Trinajstić information content (AvgIpc) is 3.38. The Balaban J connectivity index is 1.43. The highest BCUT2D eigenvalue weighted by Crippen LogP contribution is 2.39. The van der Waals surface area contributed by atoms with Crippen LogP contribution >= 0.6 is 0 Å². The first kappa shape index (κ1) is 15.5. The number of nitrogens with one attached hydrogen (secondary N) is 2. The van der Waals surface area contributed by atoms with Crippen molar-refractivity contribution in [3.05, 3.63) is 42.0 Å². The molecule has 0 saturated heterocycles. The van der Waals surface area contributed by atoms with Crippen LogP contribution in [0.4, 0.5) is 11.5 Å². The van der Waals surface area contributed by atoms with E-state index in [0.717, 1.165) is 41.1 Å². The molecule has 5 rings (SSSR count). The van der Waals surface area contributed by atoms with Gasteiger partial charge in [-0.25, -0.2) is 0 Å². The van der Waals surface area contributed by atoms with Crippen LogP contribution in [-0.2, 0) is 6.54 Å². The molecule has 3 heterocycles. The SMILES string of the molecule is c1ccc(CNc2cc(NCC3CCC3)nn3c(C4CC4)nnc23)nc1. The average molecular weight is 349 g/mol. The molecule has 7 nitrogen and oxygen atoms in total. The van der Waals surface area contributed by atoms with Gasteiger partial charge in [-0.05, 0) is 43.7 Å². The third-order valence-electron chi connectivity index (χ3n) is 5.32. The molecule has 2 aliphatic carbocycles. The van der Waals surface area contributed by atoms with E-state index in [1.807, 2.05) is 35.0 Å². The predicted octanol–water partition coefficient (Wildman–Crippen LogP) is 3.22. The summed E-state index contributed by atoms with van der Waals surface area (Å²) in [5.41, 5.74) is 2.73. The summed E-state index contributed by atoms with van der Waals surface area (Å²) in [5, 5.41) is 20.5. The lowest BCUT2D eigenvalue weighted by Crippen LogP contribution is -2.21. The van der Waals surface area contributed by atoms with E-state index in [1.165, 1.54) is 32.1 Å². The fourth-order valence-electron chi connectivity index (χ4n) is 3.34. The maximum atomic E-state index is 4.77. The summed E-state index contributed by atoms with van der Waals surface area (Å²) in [6.45, 7) is 1.63. The minimum absolute atomic E-state index is 0.503. The molecule has 0 atom stereocenters. The zero-order chi connectivity index (χ0) is 17.3. The lowest BCUT2D eigenvalue weighted by molar-refractivity contribution is 0.333. The maximum Gasteiger partial charge on any atom is 0.201 e. The number of nitrogens with zero attached hydrogens (tertiary/aromatic N) is 5. The van der Waals surface area contributed by atoms with Crippen LogP contribution in [0.2, 0.25) is 0 Å². The van der Waals surface area contributed by atoms with Gasteiger partial charge in [-0.3, -0.25) is 4.98 Å². The van der Waals surface area contributed by atoms with Crippen LogP contribution in [0, 0.1) is 5.92 Å². The van der Waals surface area contributed by atoms with E-state index in [2.05, 4.69) is 25.8 Å². The Morgan fingerprint density at radius 2 is 2.00 bits per heavy atom. The number of aromatic nitrogens is 5. The molecule has 0 unspecified atom stereocenters. The van der Waals surface area contributed by atoms with Gasteiger partial charge in [0.1, 0.15) is 5.82 Å². The van der Waals surface area contributed by atoms with Gasteiger partial charge in [0.05, 0.1) is 17.9 Å². The molecule has 2 aliphatic rings. The van der Waals surface area contributed by atoms with E-state index in [1.54, 1.807) is 0 Å². The van der Waals surface area contributed by atoms with Gasteiger partial charge in [-0.2, -0.15) is 4.52 Å². The van der Waals surface area contributed by atoms with Crippen LogP contribution in [0.25, 0.3) is 5.65 Å². The molecule has 0 radical (unpaired) electrons. The Hall–Kier alpha value is -2.70. The molecular formula is C19H23N7. The van der Waals surface area contributed by atoms with Gasteiger partial charge in [0, 0.05) is 24.7 Å². The first-order valence-corrected chi connectivity index (χ1v) is 9.51. The second-order valence-corrected chi connectivity index (χ2v) is 7.36. The molecule has 0 bridgehead atoms. The van der Waals surface area contributed by atoms with Crippen molar-refractivity contribution in [1.29, 1.82) is 0 Å². The summed E-state index contributed by atoms with van der Waals surface area (Å²) in [5.74, 6) is 3.15. The van der Waals surface area contributed by atoms with Crippen LogP contribution in [-0.4, -0.2) is 31.3 Å². The van der Waals surface area contributed by atoms with Crippen molar-refractivity contribution in [3.8, 4) is 0 Å². The fourth-order valence-corrected chi connectivity index (χ4v) is 3.34. The fraction of sp³-hybridized carbons (Fsp3) is 0.474. The number of hydrogen-bond donors (Lipinski definition) is 2. The van der Waals surface area contributed by atoms with Crippen LogP contribution < -0.4 is 10.6 Å². The topological polar surface area (TPSA) is 80.0 Å². The van der Waals surface area contributed by atoms with Gasteiger partial charge >= 0.3 is 0 Å². The molecule has 3 aromatic rings. The summed E-state index contributed by atoms with van der Waals surface area (Å²) in [6, 6.07) is 7.99. The van der Waals surface area contributed by atoms with Crippen LogP contribution in [0.5, 0.6) is 0 Å². The zero-order valence-corrected chi connectivity index (χ0v) is 14.7. The van der Waals surface area contributed by atoms with Gasteiger partial charge < -0.3 is 10.6 Å². The van der Waals surface area contributed by atoms with Crippen molar-refractivity contribution in [2.45, 2.75) is 44.6 Å². The molecule has 2 N–H and O–H groups in total. The van der Waals surface area contributed by atoms with E-state index >= 15 is 0 Å². The van der Waals surface area contributed by atoms with Crippen molar-refractivity contribution in [2.75, 3.05) is 17.2 Å². The summed E-state index contributed by atoms with van der Waals surface area (Å²) < 4.78 is 1.92. The Kier molecular flexibility index (Phi) is 3.92. The van der Waals surface area contributed by atoms with Crippen molar-refractivity contribution >= 4 is 17.2 Å². The summed E-state index contributed by atoms with van der Waals surface area (Å²) in [7, 11) is 0. The molecule has 0 aliphatic heterocycles. The van der Waals surface area contributed by atoms with Crippen LogP contribution in [0.3, 0.4) is 0 Å². The molecule has 26 heavy (non-hydrogen) atoms. The highest BCUT2D eigenvalue weighted by molar-refractivity contribution is 5.70. The number of rotatable bonds is 7. The minimum atomic E-state index is 0.503. The van der Waals surface area contributed by atoms with E-state index < -0.39 is 0 Å². The number of anilines is 2. The third kappa shape index (κ3) is 3.09. The van der Waals surface area contributed by atoms with Crippen molar-refractivity contribution < 1.29 is 0 Å². The van der Waals surface area contributed by atoms with E-state index in [9.17, 15) is 0 Å². The first-order valence-electron chi connectivity index (χ1n) is 9.51. The Morgan fingerprint density at radius 1 is 1.08 bits per heavy atom.